The molecular weight excluding hydrogens is 502 g/mol. The van der Waals surface area contributed by atoms with Gasteiger partial charge in [-0.3, -0.25) is 9.59 Å². The van der Waals surface area contributed by atoms with Crippen LogP contribution in [0.1, 0.15) is 61.5 Å². The molecule has 1 aromatic carbocycles. The lowest BCUT2D eigenvalue weighted by Gasteiger charge is -2.39. The molecule has 3 aromatic rings. The highest BCUT2D eigenvalue weighted by Crippen LogP contribution is 2.43. The summed E-state index contributed by atoms with van der Waals surface area (Å²) in [5.41, 5.74) is 2.25. The molecule has 2 aromatic heterocycles. The van der Waals surface area contributed by atoms with Gasteiger partial charge in [-0.15, -0.1) is 0 Å². The number of carbonyl (C=O) groups excluding carboxylic acids is 2. The van der Waals surface area contributed by atoms with Crippen LogP contribution in [0.3, 0.4) is 0 Å². The van der Waals surface area contributed by atoms with E-state index in [1.807, 2.05) is 19.9 Å². The first-order valence-electron chi connectivity index (χ1n) is 12.9. The molecule has 1 aliphatic carbocycles. The van der Waals surface area contributed by atoms with Crippen LogP contribution in [0.15, 0.2) is 30.5 Å². The highest BCUT2D eigenvalue weighted by Gasteiger charge is 2.42. The molecule has 11 heteroatoms. The van der Waals surface area contributed by atoms with Crippen LogP contribution in [0.4, 0.5) is 28.1 Å². The van der Waals surface area contributed by atoms with Crippen LogP contribution in [0.5, 0.6) is 5.75 Å². The summed E-state index contributed by atoms with van der Waals surface area (Å²) in [6.45, 7) is 4.57. The highest BCUT2D eigenvalue weighted by molar-refractivity contribution is 7.10. The number of hydrogen-bond donors (Lipinski definition) is 2. The third-order valence-electron chi connectivity index (χ3n) is 7.86. The number of aromatic nitrogens is 3. The second-order valence-corrected chi connectivity index (χ2v) is 11.7. The van der Waals surface area contributed by atoms with Gasteiger partial charge in [-0.25, -0.2) is 4.98 Å². The summed E-state index contributed by atoms with van der Waals surface area (Å²) in [5.74, 6) is 1.79. The zero-order chi connectivity index (χ0) is 26.6. The fraction of sp³-hybridized carbons (Fsp3) is 0.444. The number of ether oxygens (including phenoxy) is 1. The Bertz CT molecular complexity index is 1410. The number of benzene rings is 1. The molecule has 7 heterocycles. The van der Waals surface area contributed by atoms with Crippen molar-refractivity contribution in [2.75, 3.05) is 41.1 Å². The van der Waals surface area contributed by atoms with Gasteiger partial charge in [0.1, 0.15) is 16.4 Å². The topological polar surface area (TPSA) is 113 Å². The lowest BCUT2D eigenvalue weighted by atomic mass is 9.82. The van der Waals surface area contributed by atoms with Gasteiger partial charge in [0.2, 0.25) is 11.9 Å². The van der Waals surface area contributed by atoms with Gasteiger partial charge in [0, 0.05) is 31.1 Å². The van der Waals surface area contributed by atoms with E-state index in [0.29, 0.717) is 41.1 Å². The van der Waals surface area contributed by atoms with Crippen molar-refractivity contribution in [3.63, 3.8) is 0 Å². The Morgan fingerprint density at radius 3 is 2.66 bits per heavy atom. The van der Waals surface area contributed by atoms with E-state index in [2.05, 4.69) is 24.9 Å². The highest BCUT2D eigenvalue weighted by atomic mass is 32.1. The summed E-state index contributed by atoms with van der Waals surface area (Å²) >= 11 is 1.31. The van der Waals surface area contributed by atoms with Crippen molar-refractivity contribution in [3.8, 4) is 5.75 Å². The van der Waals surface area contributed by atoms with Crippen LogP contribution in [0, 0.1) is 5.41 Å². The number of amides is 2. The lowest BCUT2D eigenvalue weighted by Crippen LogP contribution is -2.46. The summed E-state index contributed by atoms with van der Waals surface area (Å²) in [6, 6.07) is 7.44. The smallest absolute Gasteiger partial charge is 0.256 e. The molecule has 198 valence electrons. The molecule has 9 rings (SSSR count). The predicted molar refractivity (Wildman–Crippen MR) is 148 cm³/mol. The minimum atomic E-state index is -0.585. The van der Waals surface area contributed by atoms with E-state index in [9.17, 15) is 9.59 Å². The van der Waals surface area contributed by atoms with E-state index in [4.69, 9.17) is 9.72 Å². The maximum Gasteiger partial charge on any atom is 0.256 e. The first kappa shape index (κ1) is 24.6. The van der Waals surface area contributed by atoms with Gasteiger partial charge in [-0.2, -0.15) is 9.36 Å². The van der Waals surface area contributed by atoms with Gasteiger partial charge in [-0.1, -0.05) is 0 Å². The maximum atomic E-state index is 13.4. The molecule has 6 aliphatic rings. The Morgan fingerprint density at radius 2 is 1.89 bits per heavy atom. The van der Waals surface area contributed by atoms with Crippen LogP contribution >= 0.6 is 11.5 Å². The number of anilines is 5. The van der Waals surface area contributed by atoms with Crippen LogP contribution in [0.25, 0.3) is 0 Å². The fourth-order valence-corrected chi connectivity index (χ4v) is 6.49. The standard InChI is InChI=1S/C27H31N7O3S/c1-27(2)14-34-17-8-5-15(6-9-17)19-12-22(38-32-19)30-24(35)16-7-10-18(21(11-16)37-4)29-26-28-13-20(23(34)31-26)33(3)25(27)36/h7,10-13,15,17H,5-6,8-9,14H2,1-4H3,(H,30,35)(H,28,29,31). The second-order valence-electron chi connectivity index (χ2n) is 10.9. The Balaban J connectivity index is 1.48. The molecule has 1 saturated carbocycles. The zero-order valence-electron chi connectivity index (χ0n) is 21.9. The minimum Gasteiger partial charge on any atom is -0.495 e. The third-order valence-corrected chi connectivity index (χ3v) is 8.58. The average Bonchev–Trinajstić information content (AvgIpc) is 3.36. The normalized spacial score (nSPS) is 22.3. The van der Waals surface area contributed by atoms with Gasteiger partial charge in [-0.05, 0) is 75.3 Å². The van der Waals surface area contributed by atoms with Crippen molar-refractivity contribution in [1.29, 1.82) is 0 Å². The molecule has 8 bridgehead atoms. The van der Waals surface area contributed by atoms with Crippen LogP contribution in [0.2, 0.25) is 0 Å². The van der Waals surface area contributed by atoms with Crippen molar-refractivity contribution >= 4 is 51.5 Å². The molecule has 0 saturated heterocycles. The summed E-state index contributed by atoms with van der Waals surface area (Å²) in [7, 11) is 3.35. The number of nitrogens with zero attached hydrogens (tertiary/aromatic N) is 5. The molecule has 38 heavy (non-hydrogen) atoms. The third kappa shape index (κ3) is 4.24. The van der Waals surface area contributed by atoms with Crippen molar-refractivity contribution in [3.05, 3.63) is 41.7 Å². The molecule has 0 atom stereocenters. The largest absolute Gasteiger partial charge is 0.495 e. The zero-order valence-corrected chi connectivity index (χ0v) is 22.8. The average molecular weight is 534 g/mol. The Labute approximate surface area is 225 Å². The number of rotatable bonds is 1. The summed E-state index contributed by atoms with van der Waals surface area (Å²) in [4.78, 5) is 39.9. The van der Waals surface area contributed by atoms with E-state index >= 15 is 0 Å². The van der Waals surface area contributed by atoms with E-state index in [1.165, 1.54) is 11.5 Å². The van der Waals surface area contributed by atoms with Crippen molar-refractivity contribution < 1.29 is 14.3 Å². The van der Waals surface area contributed by atoms with Crippen molar-refractivity contribution in [2.45, 2.75) is 51.5 Å². The van der Waals surface area contributed by atoms with Gasteiger partial charge < -0.3 is 25.2 Å². The van der Waals surface area contributed by atoms with E-state index < -0.39 is 5.41 Å². The van der Waals surface area contributed by atoms with E-state index in [0.717, 1.165) is 42.2 Å². The maximum absolute atomic E-state index is 13.4. The van der Waals surface area contributed by atoms with Crippen LogP contribution in [-0.2, 0) is 4.79 Å². The van der Waals surface area contributed by atoms with Gasteiger partial charge >= 0.3 is 0 Å². The Hall–Kier alpha value is -3.73. The molecule has 2 amide bonds. The number of nitrogens with one attached hydrogen (secondary N) is 2. The molecular formula is C27H31N7O3S. The molecule has 5 aliphatic heterocycles. The number of carbonyl (C=O) groups is 2. The summed E-state index contributed by atoms with van der Waals surface area (Å²) < 4.78 is 10.3. The number of methoxy groups -OCH3 is 1. The van der Waals surface area contributed by atoms with E-state index in [-0.39, 0.29) is 17.9 Å². The summed E-state index contributed by atoms with van der Waals surface area (Å²) in [5, 5.41) is 6.98. The Kier molecular flexibility index (Phi) is 5.97. The molecule has 1 fully saturated rings. The SMILES string of the molecule is COc1cc2ccc1Nc1ncc3c(n1)N(CC(C)(C)C(=O)N3C)C1CCC(CC1)c1cc(sn1)NC2=O. The monoisotopic (exact) mass is 533 g/mol. The van der Waals surface area contributed by atoms with Crippen LogP contribution < -0.4 is 25.2 Å². The van der Waals surface area contributed by atoms with Crippen molar-refractivity contribution in [2.24, 2.45) is 5.41 Å². The molecule has 2 N–H and O–H groups in total. The molecule has 0 radical (unpaired) electrons. The first-order chi connectivity index (χ1) is 18.2. The van der Waals surface area contributed by atoms with E-state index in [1.54, 1.807) is 43.5 Å². The second kappa shape index (κ2) is 9.23. The lowest BCUT2D eigenvalue weighted by molar-refractivity contribution is -0.125. The molecule has 0 spiro atoms. The quantitative estimate of drug-likeness (QED) is 0.459. The minimum absolute atomic E-state index is 0.0436. The summed E-state index contributed by atoms with van der Waals surface area (Å²) in [6.07, 6.45) is 5.58. The van der Waals surface area contributed by atoms with Crippen molar-refractivity contribution in [1.82, 2.24) is 14.3 Å². The van der Waals surface area contributed by atoms with Gasteiger partial charge in [0.25, 0.3) is 5.91 Å². The Morgan fingerprint density at radius 1 is 1.11 bits per heavy atom. The first-order valence-corrected chi connectivity index (χ1v) is 13.7. The molecule has 0 unspecified atom stereocenters. The van der Waals surface area contributed by atoms with Crippen LogP contribution in [-0.4, -0.2) is 52.9 Å². The predicted octanol–water partition coefficient (Wildman–Crippen LogP) is 4.79. The molecule has 10 nitrogen and oxygen atoms in total. The fourth-order valence-electron chi connectivity index (χ4n) is 5.77. The number of hydrogen-bond acceptors (Lipinski definition) is 9. The van der Waals surface area contributed by atoms with Gasteiger partial charge in [0.15, 0.2) is 5.82 Å². The van der Waals surface area contributed by atoms with Gasteiger partial charge in [0.05, 0.1) is 30.1 Å².